The Bertz CT molecular complexity index is 721. The molecule has 1 atom stereocenters. The van der Waals surface area contributed by atoms with Gasteiger partial charge in [-0.25, -0.2) is 4.79 Å². The Morgan fingerprint density at radius 3 is 2.65 bits per heavy atom. The average Bonchev–Trinajstić information content (AvgIpc) is 2.71. The lowest BCUT2D eigenvalue weighted by molar-refractivity contribution is -0.161. The Balaban J connectivity index is 1.54. The minimum absolute atomic E-state index is 0.0298. The third-order valence-electron chi connectivity index (χ3n) is 5.01. The van der Waals surface area contributed by atoms with E-state index in [4.69, 9.17) is 14.2 Å². The molecule has 1 heterocycles. The molecule has 0 saturated heterocycles. The lowest BCUT2D eigenvalue weighted by atomic mass is 9.81. The van der Waals surface area contributed by atoms with Crippen LogP contribution in [0.5, 0.6) is 11.5 Å². The first-order chi connectivity index (χ1) is 12.6. The van der Waals surface area contributed by atoms with Crippen LogP contribution in [0, 0.1) is 11.3 Å². The lowest BCUT2D eigenvalue weighted by Crippen LogP contribution is -2.51. The molecule has 1 aliphatic carbocycles. The molecule has 26 heavy (non-hydrogen) atoms. The van der Waals surface area contributed by atoms with E-state index in [1.165, 1.54) is 4.90 Å². The number of carbonyl (C=O) groups is 2. The number of nitriles is 1. The van der Waals surface area contributed by atoms with Gasteiger partial charge in [0.05, 0.1) is 6.07 Å². The first kappa shape index (κ1) is 18.1. The maximum Gasteiger partial charge on any atom is 0.351 e. The maximum absolute atomic E-state index is 12.4. The Morgan fingerprint density at radius 2 is 1.96 bits per heavy atom. The second kappa shape index (κ2) is 7.65. The van der Waals surface area contributed by atoms with Gasteiger partial charge in [-0.15, -0.1) is 0 Å². The summed E-state index contributed by atoms with van der Waals surface area (Å²) in [4.78, 5) is 26.0. The van der Waals surface area contributed by atoms with Crippen LogP contribution < -0.4 is 9.47 Å². The first-order valence-electron chi connectivity index (χ1n) is 8.79. The SMILES string of the molecule is CN(C(=O)COC(=O)[C@H]1COc2ccccc2O1)C1(C#N)CCCCC1. The van der Waals surface area contributed by atoms with Crippen LogP contribution in [0.15, 0.2) is 24.3 Å². The van der Waals surface area contributed by atoms with Crippen molar-refractivity contribution in [2.45, 2.75) is 43.7 Å². The Morgan fingerprint density at radius 1 is 1.27 bits per heavy atom. The highest BCUT2D eigenvalue weighted by Crippen LogP contribution is 2.33. The molecule has 0 N–H and O–H groups in total. The molecule has 0 radical (unpaired) electrons. The van der Waals surface area contributed by atoms with Gasteiger partial charge in [0, 0.05) is 7.05 Å². The highest BCUT2D eigenvalue weighted by molar-refractivity contribution is 5.83. The van der Waals surface area contributed by atoms with Gasteiger partial charge in [-0.2, -0.15) is 5.26 Å². The number of rotatable bonds is 4. The topological polar surface area (TPSA) is 88.9 Å². The molecule has 1 aromatic rings. The molecule has 0 spiro atoms. The average molecular weight is 358 g/mol. The molecule has 7 heteroatoms. The summed E-state index contributed by atoms with van der Waals surface area (Å²) in [5.74, 6) is -0.00904. The highest BCUT2D eigenvalue weighted by atomic mass is 16.6. The number of benzene rings is 1. The van der Waals surface area contributed by atoms with Crippen LogP contribution in [0.3, 0.4) is 0 Å². The van der Waals surface area contributed by atoms with Crippen molar-refractivity contribution in [2.75, 3.05) is 20.3 Å². The van der Waals surface area contributed by atoms with E-state index in [1.807, 2.05) is 6.07 Å². The number of amides is 1. The fourth-order valence-corrected chi connectivity index (χ4v) is 3.36. The molecule has 1 aromatic carbocycles. The van der Waals surface area contributed by atoms with Gasteiger partial charge in [-0.1, -0.05) is 31.4 Å². The lowest BCUT2D eigenvalue weighted by Gasteiger charge is -2.38. The molecule has 1 saturated carbocycles. The van der Waals surface area contributed by atoms with E-state index >= 15 is 0 Å². The summed E-state index contributed by atoms with van der Waals surface area (Å²) >= 11 is 0. The molecule has 138 valence electrons. The van der Waals surface area contributed by atoms with E-state index in [0.717, 1.165) is 19.3 Å². The van der Waals surface area contributed by atoms with E-state index < -0.39 is 24.2 Å². The zero-order valence-electron chi connectivity index (χ0n) is 14.8. The van der Waals surface area contributed by atoms with E-state index in [2.05, 4.69) is 6.07 Å². The summed E-state index contributed by atoms with van der Waals surface area (Å²) in [6.45, 7) is -0.387. The number of para-hydroxylation sites is 2. The Hall–Kier alpha value is -2.75. The van der Waals surface area contributed by atoms with Crippen molar-refractivity contribution in [3.8, 4) is 17.6 Å². The summed E-state index contributed by atoms with van der Waals surface area (Å²) in [7, 11) is 1.60. The molecular weight excluding hydrogens is 336 g/mol. The van der Waals surface area contributed by atoms with Gasteiger partial charge < -0.3 is 19.1 Å². The maximum atomic E-state index is 12.4. The number of fused-ring (bicyclic) bond motifs is 1. The molecule has 1 fully saturated rings. The van der Waals surface area contributed by atoms with E-state index in [1.54, 1.807) is 25.2 Å². The zero-order chi connectivity index (χ0) is 18.6. The quantitative estimate of drug-likeness (QED) is 0.766. The highest BCUT2D eigenvalue weighted by Gasteiger charge is 2.39. The van der Waals surface area contributed by atoms with Gasteiger partial charge in [0.25, 0.3) is 5.91 Å². The summed E-state index contributed by atoms with van der Waals surface area (Å²) in [5, 5.41) is 9.55. The third-order valence-corrected chi connectivity index (χ3v) is 5.01. The van der Waals surface area contributed by atoms with E-state index in [9.17, 15) is 14.9 Å². The molecule has 0 aromatic heterocycles. The molecule has 1 aliphatic heterocycles. The van der Waals surface area contributed by atoms with Crippen molar-refractivity contribution in [3.05, 3.63) is 24.3 Å². The fourth-order valence-electron chi connectivity index (χ4n) is 3.36. The third kappa shape index (κ3) is 3.59. The van der Waals surface area contributed by atoms with Crippen LogP contribution in [0.25, 0.3) is 0 Å². The summed E-state index contributed by atoms with van der Waals surface area (Å²) < 4.78 is 16.2. The summed E-state index contributed by atoms with van der Waals surface area (Å²) in [6, 6.07) is 9.32. The molecule has 3 rings (SSSR count). The number of carbonyl (C=O) groups excluding carboxylic acids is 2. The number of esters is 1. The van der Waals surface area contributed by atoms with Crippen molar-refractivity contribution in [1.29, 1.82) is 5.26 Å². The first-order valence-corrected chi connectivity index (χ1v) is 8.79. The minimum Gasteiger partial charge on any atom is -0.485 e. The van der Waals surface area contributed by atoms with E-state index in [-0.39, 0.29) is 12.5 Å². The smallest absolute Gasteiger partial charge is 0.351 e. The Kier molecular flexibility index (Phi) is 5.31. The van der Waals surface area contributed by atoms with Gasteiger partial charge in [-0.05, 0) is 25.0 Å². The molecule has 7 nitrogen and oxygen atoms in total. The van der Waals surface area contributed by atoms with E-state index in [0.29, 0.717) is 24.3 Å². The van der Waals surface area contributed by atoms with Gasteiger partial charge in [0.1, 0.15) is 12.1 Å². The van der Waals surface area contributed by atoms with Crippen LogP contribution in [0.1, 0.15) is 32.1 Å². The largest absolute Gasteiger partial charge is 0.485 e. The predicted molar refractivity (Wildman–Crippen MR) is 91.5 cm³/mol. The standard InChI is InChI=1S/C19H22N2O5/c1-21(19(13-20)9-5-2-6-10-19)17(22)12-25-18(23)16-11-24-14-7-3-4-8-15(14)26-16/h3-4,7-8,16H,2,5-6,9-12H2,1H3/t16-/m1/s1. The fraction of sp³-hybridized carbons (Fsp3) is 0.526. The summed E-state index contributed by atoms with van der Waals surface area (Å²) in [5.41, 5.74) is -0.800. The molecule has 1 amide bonds. The monoisotopic (exact) mass is 358 g/mol. The molecule has 2 aliphatic rings. The van der Waals surface area contributed by atoms with Crippen molar-refractivity contribution in [2.24, 2.45) is 0 Å². The normalized spacial score (nSPS) is 20.5. The molecular formula is C19H22N2O5. The number of hydrogen-bond donors (Lipinski definition) is 0. The van der Waals surface area contributed by atoms with Crippen LogP contribution in [-0.4, -0.2) is 48.7 Å². The zero-order valence-corrected chi connectivity index (χ0v) is 14.8. The number of ether oxygens (including phenoxy) is 3. The van der Waals surface area contributed by atoms with Crippen LogP contribution >= 0.6 is 0 Å². The van der Waals surface area contributed by atoms with Gasteiger partial charge in [0.2, 0.25) is 6.10 Å². The van der Waals surface area contributed by atoms with Crippen LogP contribution in [0.2, 0.25) is 0 Å². The number of likely N-dealkylation sites (N-methyl/N-ethyl adjacent to an activating group) is 1. The van der Waals surface area contributed by atoms with Crippen molar-refractivity contribution in [3.63, 3.8) is 0 Å². The molecule has 0 unspecified atom stereocenters. The van der Waals surface area contributed by atoms with Crippen molar-refractivity contribution >= 4 is 11.9 Å². The van der Waals surface area contributed by atoms with Gasteiger partial charge in [-0.3, -0.25) is 4.79 Å². The number of nitrogens with zero attached hydrogens (tertiary/aromatic N) is 2. The van der Waals surface area contributed by atoms with Gasteiger partial charge >= 0.3 is 5.97 Å². The Labute approximate surface area is 152 Å². The molecule has 0 bridgehead atoms. The second-order valence-corrected chi connectivity index (χ2v) is 6.63. The second-order valence-electron chi connectivity index (χ2n) is 6.63. The summed E-state index contributed by atoms with van der Waals surface area (Å²) in [6.07, 6.45) is 3.28. The van der Waals surface area contributed by atoms with Gasteiger partial charge in [0.15, 0.2) is 18.1 Å². The number of hydrogen-bond acceptors (Lipinski definition) is 6. The predicted octanol–water partition coefficient (Wildman–Crippen LogP) is 2.05. The van der Waals surface area contributed by atoms with Crippen LogP contribution in [-0.2, 0) is 14.3 Å². The minimum atomic E-state index is -0.914. The van der Waals surface area contributed by atoms with Crippen molar-refractivity contribution < 1.29 is 23.8 Å². The van der Waals surface area contributed by atoms with Crippen molar-refractivity contribution in [1.82, 2.24) is 4.90 Å². The van der Waals surface area contributed by atoms with Crippen LogP contribution in [0.4, 0.5) is 0 Å².